The largest absolute Gasteiger partial charge is 0.318 e. The second-order valence-corrected chi connectivity index (χ2v) is 8.10. The van der Waals surface area contributed by atoms with Crippen LogP contribution in [-0.2, 0) is 4.57 Å². The quantitative estimate of drug-likeness (QED) is 0.735. The minimum Gasteiger partial charge on any atom is -0.318 e. The van der Waals surface area contributed by atoms with Gasteiger partial charge in [0.05, 0.1) is 0 Å². The third-order valence-corrected chi connectivity index (χ3v) is 7.57. The zero-order chi connectivity index (χ0) is 12.4. The van der Waals surface area contributed by atoms with E-state index >= 15 is 0 Å². The molecule has 0 aromatic heterocycles. The van der Waals surface area contributed by atoms with Crippen LogP contribution in [0.15, 0.2) is 60.7 Å². The van der Waals surface area contributed by atoms with Gasteiger partial charge in [0, 0.05) is 17.1 Å². The molecule has 2 atom stereocenters. The molecular formula is C16H17OP. The van der Waals surface area contributed by atoms with Gasteiger partial charge in [0.1, 0.15) is 7.14 Å². The highest BCUT2D eigenvalue weighted by atomic mass is 31.2. The van der Waals surface area contributed by atoms with Gasteiger partial charge in [-0.1, -0.05) is 60.7 Å². The zero-order valence-electron chi connectivity index (χ0n) is 10.3. The molecule has 0 bridgehead atoms. The molecule has 0 N–H and O–H groups in total. The van der Waals surface area contributed by atoms with E-state index in [0.717, 1.165) is 24.3 Å². The van der Waals surface area contributed by atoms with Crippen molar-refractivity contribution in [3.63, 3.8) is 0 Å². The number of rotatable bonds is 2. The first-order valence-corrected chi connectivity index (χ1v) is 8.46. The number of benzene rings is 2. The normalized spacial score (nSPS) is 27.2. The molecule has 2 aromatic carbocycles. The fourth-order valence-corrected chi connectivity index (χ4v) is 6.47. The molecule has 1 saturated heterocycles. The maximum atomic E-state index is 13.3. The van der Waals surface area contributed by atoms with Crippen LogP contribution in [0.2, 0.25) is 0 Å². The highest BCUT2D eigenvalue weighted by Gasteiger charge is 2.39. The predicted octanol–water partition coefficient (Wildman–Crippen LogP) is 4.21. The van der Waals surface area contributed by atoms with Crippen molar-refractivity contribution < 1.29 is 4.57 Å². The molecule has 92 valence electrons. The van der Waals surface area contributed by atoms with Crippen molar-refractivity contribution in [3.8, 4) is 0 Å². The van der Waals surface area contributed by atoms with Crippen LogP contribution in [0, 0.1) is 0 Å². The van der Waals surface area contributed by atoms with Crippen molar-refractivity contribution >= 4 is 12.4 Å². The van der Waals surface area contributed by atoms with Gasteiger partial charge in [0.25, 0.3) is 0 Å². The van der Waals surface area contributed by atoms with Crippen molar-refractivity contribution in [2.24, 2.45) is 0 Å². The number of hydrogen-bond acceptors (Lipinski definition) is 1. The average molecular weight is 256 g/mol. The summed E-state index contributed by atoms with van der Waals surface area (Å²) in [7, 11) is -2.25. The van der Waals surface area contributed by atoms with Crippen LogP contribution >= 0.6 is 7.14 Å². The molecule has 1 fully saturated rings. The molecule has 0 radical (unpaired) electrons. The van der Waals surface area contributed by atoms with E-state index in [2.05, 4.69) is 12.1 Å². The zero-order valence-corrected chi connectivity index (χ0v) is 11.2. The van der Waals surface area contributed by atoms with Gasteiger partial charge in [0.2, 0.25) is 0 Å². The van der Waals surface area contributed by atoms with E-state index in [4.69, 9.17) is 0 Å². The second kappa shape index (κ2) is 4.74. The van der Waals surface area contributed by atoms with Crippen LogP contribution in [0.5, 0.6) is 0 Å². The Morgan fingerprint density at radius 1 is 0.889 bits per heavy atom. The maximum absolute atomic E-state index is 13.3. The Balaban J connectivity index is 2.04. The van der Waals surface area contributed by atoms with Crippen LogP contribution in [0.3, 0.4) is 0 Å². The SMILES string of the molecule is O=P1(c2ccccc2)CCCC1c1ccccc1. The first-order chi connectivity index (χ1) is 8.81. The van der Waals surface area contributed by atoms with Crippen LogP contribution in [0.1, 0.15) is 24.1 Å². The molecule has 0 aliphatic carbocycles. The molecule has 0 spiro atoms. The Morgan fingerprint density at radius 2 is 1.50 bits per heavy atom. The van der Waals surface area contributed by atoms with Crippen molar-refractivity contribution in [2.45, 2.75) is 18.5 Å². The molecule has 0 amide bonds. The maximum Gasteiger partial charge on any atom is 0.122 e. The second-order valence-electron chi connectivity index (χ2n) is 4.92. The summed E-state index contributed by atoms with van der Waals surface area (Å²) in [5.41, 5.74) is 1.46. The highest BCUT2D eigenvalue weighted by Crippen LogP contribution is 2.64. The van der Waals surface area contributed by atoms with Gasteiger partial charge < -0.3 is 4.57 Å². The summed E-state index contributed by atoms with van der Waals surface area (Å²) in [5, 5.41) is 1.05. The molecular weight excluding hydrogens is 239 g/mol. The van der Waals surface area contributed by atoms with E-state index in [1.807, 2.05) is 48.5 Å². The predicted molar refractivity (Wildman–Crippen MR) is 77.0 cm³/mol. The standard InChI is InChI=1S/C16H17OP/c17-18(15-10-5-2-6-11-15)13-7-12-16(18)14-8-3-1-4-9-14/h1-6,8-11,16H,7,12-13H2. The molecule has 1 aliphatic heterocycles. The summed E-state index contributed by atoms with van der Waals surface area (Å²) in [5.74, 6) is 0. The van der Waals surface area contributed by atoms with Crippen LogP contribution < -0.4 is 5.30 Å². The minimum atomic E-state index is -2.25. The van der Waals surface area contributed by atoms with E-state index in [1.165, 1.54) is 5.56 Å². The highest BCUT2D eigenvalue weighted by molar-refractivity contribution is 7.72. The lowest BCUT2D eigenvalue weighted by Gasteiger charge is -2.21. The van der Waals surface area contributed by atoms with Gasteiger partial charge in [0.15, 0.2) is 0 Å². The summed E-state index contributed by atoms with van der Waals surface area (Å²) in [4.78, 5) is 0. The lowest BCUT2D eigenvalue weighted by atomic mass is 10.1. The summed E-state index contributed by atoms with van der Waals surface area (Å²) in [6.45, 7) is 0. The molecule has 0 saturated carbocycles. The molecule has 1 aliphatic rings. The summed E-state index contributed by atoms with van der Waals surface area (Å²) in [6.07, 6.45) is 2.98. The molecule has 2 heteroatoms. The van der Waals surface area contributed by atoms with Gasteiger partial charge in [-0.05, 0) is 18.4 Å². The lowest BCUT2D eigenvalue weighted by Crippen LogP contribution is -2.08. The average Bonchev–Trinajstić information content (AvgIpc) is 2.84. The lowest BCUT2D eigenvalue weighted by molar-refractivity contribution is 0.578. The van der Waals surface area contributed by atoms with Crippen LogP contribution in [-0.4, -0.2) is 6.16 Å². The minimum absolute atomic E-state index is 0.223. The summed E-state index contributed by atoms with van der Waals surface area (Å²) >= 11 is 0. The van der Waals surface area contributed by atoms with Crippen LogP contribution in [0.4, 0.5) is 0 Å². The Morgan fingerprint density at radius 3 is 2.17 bits per heavy atom. The van der Waals surface area contributed by atoms with Crippen molar-refractivity contribution in [3.05, 3.63) is 66.2 Å². The van der Waals surface area contributed by atoms with E-state index < -0.39 is 7.14 Å². The first kappa shape index (κ1) is 11.7. The van der Waals surface area contributed by atoms with E-state index in [1.54, 1.807) is 0 Å². The topological polar surface area (TPSA) is 17.1 Å². The van der Waals surface area contributed by atoms with Gasteiger partial charge >= 0.3 is 0 Å². The Labute approximate surface area is 108 Å². The third-order valence-electron chi connectivity index (χ3n) is 3.85. The Kier molecular flexibility index (Phi) is 3.09. The Bertz CT molecular complexity index is 562. The first-order valence-electron chi connectivity index (χ1n) is 6.50. The molecule has 3 rings (SSSR count). The van der Waals surface area contributed by atoms with E-state index in [9.17, 15) is 4.57 Å². The van der Waals surface area contributed by atoms with Crippen molar-refractivity contribution in [2.75, 3.05) is 6.16 Å². The van der Waals surface area contributed by atoms with E-state index in [-0.39, 0.29) is 5.66 Å². The van der Waals surface area contributed by atoms with E-state index in [0.29, 0.717) is 0 Å². The van der Waals surface area contributed by atoms with Gasteiger partial charge in [-0.3, -0.25) is 0 Å². The molecule has 1 nitrogen and oxygen atoms in total. The smallest absolute Gasteiger partial charge is 0.122 e. The fraction of sp³-hybridized carbons (Fsp3) is 0.250. The van der Waals surface area contributed by atoms with Crippen LogP contribution in [0.25, 0.3) is 0 Å². The van der Waals surface area contributed by atoms with Crippen molar-refractivity contribution in [1.29, 1.82) is 0 Å². The van der Waals surface area contributed by atoms with Gasteiger partial charge in [-0.25, -0.2) is 0 Å². The number of hydrogen-bond donors (Lipinski definition) is 0. The molecule has 2 unspecified atom stereocenters. The Hall–Kier alpha value is -1.33. The summed E-state index contributed by atoms with van der Waals surface area (Å²) in [6, 6.07) is 20.4. The molecule has 18 heavy (non-hydrogen) atoms. The van der Waals surface area contributed by atoms with Gasteiger partial charge in [-0.15, -0.1) is 0 Å². The molecule has 1 heterocycles. The van der Waals surface area contributed by atoms with Gasteiger partial charge in [-0.2, -0.15) is 0 Å². The van der Waals surface area contributed by atoms with Crippen molar-refractivity contribution in [1.82, 2.24) is 0 Å². The fourth-order valence-electron chi connectivity index (χ4n) is 2.96. The monoisotopic (exact) mass is 256 g/mol. The molecule has 2 aromatic rings. The summed E-state index contributed by atoms with van der Waals surface area (Å²) < 4.78 is 13.3. The third kappa shape index (κ3) is 1.93.